The molecule has 3 atom stereocenters. The second kappa shape index (κ2) is 8.55. The average Bonchev–Trinajstić information content (AvgIpc) is 3.04. The van der Waals surface area contributed by atoms with Gasteiger partial charge in [-0.2, -0.15) is 5.01 Å². The molecule has 8 nitrogen and oxygen atoms in total. The first-order valence-electron chi connectivity index (χ1n) is 10.1. The van der Waals surface area contributed by atoms with Crippen LogP contribution in [0.1, 0.15) is 29.3 Å². The van der Waals surface area contributed by atoms with E-state index in [0.29, 0.717) is 17.0 Å². The van der Waals surface area contributed by atoms with Crippen molar-refractivity contribution in [3.8, 4) is 0 Å². The van der Waals surface area contributed by atoms with E-state index in [1.54, 1.807) is 24.3 Å². The number of nitro groups is 1. The molecular weight excluding hydrogens is 434 g/mol. The van der Waals surface area contributed by atoms with Crippen molar-refractivity contribution in [2.75, 3.05) is 0 Å². The summed E-state index contributed by atoms with van der Waals surface area (Å²) >= 11 is 6.28. The zero-order valence-corrected chi connectivity index (χ0v) is 17.9. The number of carbonyl (C=O) groups excluding carboxylic acids is 3. The van der Waals surface area contributed by atoms with Gasteiger partial charge in [0.1, 0.15) is 0 Å². The van der Waals surface area contributed by atoms with E-state index in [1.165, 1.54) is 18.2 Å². The molecule has 164 valence electrons. The van der Waals surface area contributed by atoms with Gasteiger partial charge in [-0.1, -0.05) is 54.9 Å². The molecule has 0 aromatic heterocycles. The molecule has 0 unspecified atom stereocenters. The highest BCUT2D eigenvalue weighted by atomic mass is 35.5. The topological polar surface area (TPSA) is 101 Å². The lowest BCUT2D eigenvalue weighted by Crippen LogP contribution is -2.50. The summed E-state index contributed by atoms with van der Waals surface area (Å²) < 4.78 is 0. The fourth-order valence-electron chi connectivity index (χ4n) is 4.29. The molecule has 32 heavy (non-hydrogen) atoms. The van der Waals surface area contributed by atoms with Crippen molar-refractivity contribution in [1.29, 1.82) is 0 Å². The predicted octanol–water partition coefficient (Wildman–Crippen LogP) is 4.00. The fraction of sp³-hybridized carbons (Fsp3) is 0.261. The maximum Gasteiger partial charge on any atom is 0.273 e. The Hall–Kier alpha value is -3.52. The van der Waals surface area contributed by atoms with Crippen LogP contribution >= 0.6 is 11.6 Å². The van der Waals surface area contributed by atoms with Crippen molar-refractivity contribution >= 4 is 35.0 Å². The molecule has 1 saturated heterocycles. The van der Waals surface area contributed by atoms with E-state index in [4.69, 9.17) is 11.6 Å². The first-order chi connectivity index (χ1) is 15.3. The lowest BCUT2D eigenvalue weighted by atomic mass is 9.78. The number of allylic oxidation sites excluding steroid dienone is 2. The van der Waals surface area contributed by atoms with Gasteiger partial charge >= 0.3 is 0 Å². The SMILES string of the molecule is C[C@@H]1C=CC[C@@H]2C(=O)N(N(Cc3ccccc3Cl)C(=O)c3cccc([N+](=O)[O-])c3)C(=O)[C@H]12. The Morgan fingerprint density at radius 3 is 2.62 bits per heavy atom. The Kier molecular flexibility index (Phi) is 5.80. The van der Waals surface area contributed by atoms with Gasteiger partial charge in [-0.3, -0.25) is 24.5 Å². The monoisotopic (exact) mass is 453 g/mol. The molecule has 1 aliphatic heterocycles. The number of benzene rings is 2. The molecule has 1 fully saturated rings. The standard InChI is InChI=1S/C23H20ClN3O5/c1-14-6-4-10-18-20(14)23(30)26(22(18)29)25(13-16-7-2-3-11-19(16)24)21(28)15-8-5-9-17(12-15)27(31)32/h2-9,11-12,14,18,20H,10,13H2,1H3/t14-,18+,20-/m1/s1. The van der Waals surface area contributed by atoms with Crippen LogP contribution in [0.25, 0.3) is 0 Å². The summed E-state index contributed by atoms with van der Waals surface area (Å²) in [6, 6.07) is 12.0. The lowest BCUT2D eigenvalue weighted by molar-refractivity contribution is -0.384. The third-order valence-corrected chi connectivity index (χ3v) is 6.28. The number of nitro benzene ring substituents is 1. The zero-order valence-electron chi connectivity index (χ0n) is 17.2. The van der Waals surface area contributed by atoms with Crippen molar-refractivity contribution in [2.45, 2.75) is 19.9 Å². The molecule has 3 amide bonds. The Balaban J connectivity index is 1.76. The maximum absolute atomic E-state index is 13.5. The summed E-state index contributed by atoms with van der Waals surface area (Å²) in [5, 5.41) is 13.5. The van der Waals surface area contributed by atoms with Crippen molar-refractivity contribution in [2.24, 2.45) is 17.8 Å². The van der Waals surface area contributed by atoms with Crippen molar-refractivity contribution < 1.29 is 19.3 Å². The summed E-state index contributed by atoms with van der Waals surface area (Å²) in [4.78, 5) is 50.7. The highest BCUT2D eigenvalue weighted by molar-refractivity contribution is 6.31. The minimum absolute atomic E-state index is 0.00658. The highest BCUT2D eigenvalue weighted by Gasteiger charge is 2.53. The number of nitrogens with zero attached hydrogens (tertiary/aromatic N) is 3. The summed E-state index contributed by atoms with van der Waals surface area (Å²) in [5.41, 5.74) is 0.265. The lowest BCUT2D eigenvalue weighted by Gasteiger charge is -2.31. The van der Waals surface area contributed by atoms with Crippen LogP contribution in [0.2, 0.25) is 5.02 Å². The predicted molar refractivity (Wildman–Crippen MR) is 116 cm³/mol. The van der Waals surface area contributed by atoms with Gasteiger partial charge in [0.2, 0.25) is 0 Å². The molecule has 2 aromatic rings. The summed E-state index contributed by atoms with van der Waals surface area (Å²) in [5.74, 6) is -2.86. The Labute approximate surface area is 189 Å². The first-order valence-corrected chi connectivity index (χ1v) is 10.5. The number of hydrogen-bond donors (Lipinski definition) is 0. The second-order valence-corrected chi connectivity index (χ2v) is 8.31. The smallest absolute Gasteiger partial charge is 0.272 e. The molecule has 1 heterocycles. The normalized spacial score (nSPS) is 22.1. The number of hydrazine groups is 1. The van der Waals surface area contributed by atoms with Crippen LogP contribution in [-0.2, 0) is 16.1 Å². The molecule has 0 N–H and O–H groups in total. The van der Waals surface area contributed by atoms with Gasteiger partial charge in [0.05, 0.1) is 23.3 Å². The Morgan fingerprint density at radius 2 is 1.94 bits per heavy atom. The van der Waals surface area contributed by atoms with Crippen molar-refractivity contribution in [3.05, 3.63) is 86.9 Å². The van der Waals surface area contributed by atoms with Gasteiger partial charge in [-0.15, -0.1) is 0 Å². The quantitative estimate of drug-likeness (QED) is 0.295. The third kappa shape index (κ3) is 3.78. The van der Waals surface area contributed by atoms with Gasteiger partial charge in [0.15, 0.2) is 0 Å². The number of amides is 3. The van der Waals surface area contributed by atoms with Gasteiger partial charge in [-0.25, -0.2) is 5.01 Å². The molecule has 0 saturated carbocycles. The van der Waals surface area contributed by atoms with Crippen LogP contribution in [0.3, 0.4) is 0 Å². The van der Waals surface area contributed by atoms with Crippen LogP contribution in [-0.4, -0.2) is 32.7 Å². The maximum atomic E-state index is 13.5. The van der Waals surface area contributed by atoms with Gasteiger partial charge in [0, 0.05) is 22.7 Å². The zero-order chi connectivity index (χ0) is 23.0. The number of non-ortho nitro benzene ring substituents is 1. The number of hydrogen-bond acceptors (Lipinski definition) is 5. The van der Waals surface area contributed by atoms with Gasteiger partial charge in [-0.05, 0) is 30.0 Å². The molecule has 9 heteroatoms. The molecule has 0 spiro atoms. The number of rotatable bonds is 5. The fourth-order valence-corrected chi connectivity index (χ4v) is 4.49. The number of imide groups is 1. The molecule has 4 rings (SSSR count). The van der Waals surface area contributed by atoms with Crippen LogP contribution < -0.4 is 0 Å². The largest absolute Gasteiger partial charge is 0.273 e. The van der Waals surface area contributed by atoms with E-state index in [1.807, 2.05) is 19.1 Å². The molecule has 0 radical (unpaired) electrons. The highest BCUT2D eigenvalue weighted by Crippen LogP contribution is 2.40. The number of fused-ring (bicyclic) bond motifs is 1. The van der Waals surface area contributed by atoms with E-state index in [2.05, 4.69) is 0 Å². The number of halogens is 1. The minimum Gasteiger partial charge on any atom is -0.272 e. The van der Waals surface area contributed by atoms with E-state index < -0.39 is 34.5 Å². The van der Waals surface area contributed by atoms with Crippen LogP contribution in [0.4, 0.5) is 5.69 Å². The van der Waals surface area contributed by atoms with Crippen molar-refractivity contribution in [1.82, 2.24) is 10.0 Å². The summed E-state index contributed by atoms with van der Waals surface area (Å²) in [6.07, 6.45) is 4.19. The van der Waals surface area contributed by atoms with Crippen molar-refractivity contribution in [3.63, 3.8) is 0 Å². The van der Waals surface area contributed by atoms with Crippen LogP contribution in [0, 0.1) is 27.9 Å². The summed E-state index contributed by atoms with van der Waals surface area (Å²) in [6.45, 7) is 1.72. The summed E-state index contributed by atoms with van der Waals surface area (Å²) in [7, 11) is 0. The molecular formula is C23H20ClN3O5. The Morgan fingerprint density at radius 1 is 1.19 bits per heavy atom. The van der Waals surface area contributed by atoms with Gasteiger partial charge in [0.25, 0.3) is 23.4 Å². The molecule has 2 aromatic carbocycles. The minimum atomic E-state index is -0.699. The molecule has 0 bridgehead atoms. The van der Waals surface area contributed by atoms with Gasteiger partial charge < -0.3 is 0 Å². The van der Waals surface area contributed by atoms with Crippen LogP contribution in [0.5, 0.6) is 0 Å². The molecule has 1 aliphatic carbocycles. The molecule has 2 aliphatic rings. The van der Waals surface area contributed by atoms with E-state index in [0.717, 1.165) is 16.1 Å². The van der Waals surface area contributed by atoms with E-state index >= 15 is 0 Å². The van der Waals surface area contributed by atoms with Crippen LogP contribution in [0.15, 0.2) is 60.7 Å². The second-order valence-electron chi connectivity index (χ2n) is 7.91. The average molecular weight is 454 g/mol. The third-order valence-electron chi connectivity index (χ3n) is 5.91. The first kappa shape index (κ1) is 21.7. The van der Waals surface area contributed by atoms with E-state index in [9.17, 15) is 24.5 Å². The number of carbonyl (C=O) groups is 3. The van der Waals surface area contributed by atoms with E-state index in [-0.39, 0.29) is 23.7 Å². The Bertz CT molecular complexity index is 1150.